The van der Waals surface area contributed by atoms with E-state index in [2.05, 4.69) is 17.6 Å². The Balaban J connectivity index is 1.71. The normalized spacial score (nSPS) is 29.6. The molecule has 1 atom stereocenters. The summed E-state index contributed by atoms with van der Waals surface area (Å²) in [5, 5.41) is 6.20. The Bertz CT molecular complexity index is 220. The van der Waals surface area contributed by atoms with Crippen molar-refractivity contribution in [1.82, 2.24) is 10.6 Å². The number of amides is 1. The molecule has 0 aromatic heterocycles. The smallest absolute Gasteiger partial charge is 0.224 e. The molecule has 1 amide bonds. The quantitative estimate of drug-likeness (QED) is 0.657. The second-order valence-corrected chi connectivity index (χ2v) is 4.71. The zero-order chi connectivity index (χ0) is 10.0. The minimum atomic E-state index is 0.180. The molecule has 0 bridgehead atoms. The summed E-state index contributed by atoms with van der Waals surface area (Å²) in [6.07, 6.45) is 0.971. The van der Waals surface area contributed by atoms with Gasteiger partial charge >= 0.3 is 0 Å². The summed E-state index contributed by atoms with van der Waals surface area (Å²) < 4.78 is 5.13. The number of carbonyl (C=O) groups is 1. The van der Waals surface area contributed by atoms with Crippen molar-refractivity contribution in [3.8, 4) is 0 Å². The molecule has 2 aliphatic heterocycles. The van der Waals surface area contributed by atoms with E-state index in [-0.39, 0.29) is 17.2 Å². The van der Waals surface area contributed by atoms with Gasteiger partial charge in [-0.2, -0.15) is 0 Å². The molecule has 4 heteroatoms. The van der Waals surface area contributed by atoms with E-state index in [1.165, 1.54) is 0 Å². The molecule has 2 aliphatic rings. The SMILES string of the molecule is CC1(CNC(=O)[C@@H]2CCNC2)COC1. The lowest BCUT2D eigenvalue weighted by atomic mass is 9.88. The number of hydrogen-bond acceptors (Lipinski definition) is 3. The Morgan fingerprint density at radius 1 is 1.64 bits per heavy atom. The lowest BCUT2D eigenvalue weighted by Gasteiger charge is -2.38. The predicted molar refractivity (Wildman–Crippen MR) is 52.9 cm³/mol. The van der Waals surface area contributed by atoms with Crippen molar-refractivity contribution >= 4 is 5.91 Å². The van der Waals surface area contributed by atoms with Crippen molar-refractivity contribution in [2.24, 2.45) is 11.3 Å². The molecule has 0 aromatic rings. The van der Waals surface area contributed by atoms with Crippen LogP contribution in [-0.4, -0.2) is 38.8 Å². The Labute approximate surface area is 84.4 Å². The first-order chi connectivity index (χ1) is 6.70. The second-order valence-electron chi connectivity index (χ2n) is 4.71. The molecule has 2 fully saturated rings. The Kier molecular flexibility index (Phi) is 2.74. The molecule has 0 saturated carbocycles. The maximum Gasteiger partial charge on any atom is 0.224 e. The van der Waals surface area contributed by atoms with Crippen LogP contribution in [0.4, 0.5) is 0 Å². The third kappa shape index (κ3) is 2.07. The summed E-state index contributed by atoms with van der Waals surface area (Å²) in [7, 11) is 0. The predicted octanol–water partition coefficient (Wildman–Crippen LogP) is -0.251. The van der Waals surface area contributed by atoms with Gasteiger partial charge in [0, 0.05) is 18.5 Å². The minimum Gasteiger partial charge on any atom is -0.380 e. The van der Waals surface area contributed by atoms with Gasteiger partial charge in [0.15, 0.2) is 0 Å². The van der Waals surface area contributed by atoms with Gasteiger partial charge in [0.25, 0.3) is 0 Å². The average molecular weight is 198 g/mol. The van der Waals surface area contributed by atoms with E-state index >= 15 is 0 Å². The Morgan fingerprint density at radius 3 is 2.93 bits per heavy atom. The molecule has 2 rings (SSSR count). The molecular weight excluding hydrogens is 180 g/mol. The van der Waals surface area contributed by atoms with Crippen molar-refractivity contribution in [3.05, 3.63) is 0 Å². The van der Waals surface area contributed by atoms with Crippen LogP contribution in [0, 0.1) is 11.3 Å². The number of ether oxygens (including phenoxy) is 1. The van der Waals surface area contributed by atoms with Crippen LogP contribution < -0.4 is 10.6 Å². The van der Waals surface area contributed by atoms with Crippen LogP contribution in [0.5, 0.6) is 0 Å². The van der Waals surface area contributed by atoms with Crippen LogP contribution in [0.2, 0.25) is 0 Å². The molecule has 80 valence electrons. The summed E-state index contributed by atoms with van der Waals surface area (Å²) in [6, 6.07) is 0. The lowest BCUT2D eigenvalue weighted by molar-refractivity contribution is -0.129. The molecule has 4 nitrogen and oxygen atoms in total. The monoisotopic (exact) mass is 198 g/mol. The summed E-state index contributed by atoms with van der Waals surface area (Å²) >= 11 is 0. The van der Waals surface area contributed by atoms with Crippen molar-refractivity contribution in [3.63, 3.8) is 0 Å². The molecule has 2 saturated heterocycles. The topological polar surface area (TPSA) is 50.4 Å². The van der Waals surface area contributed by atoms with E-state index in [0.29, 0.717) is 0 Å². The van der Waals surface area contributed by atoms with Gasteiger partial charge in [-0.25, -0.2) is 0 Å². The van der Waals surface area contributed by atoms with Gasteiger partial charge in [-0.15, -0.1) is 0 Å². The van der Waals surface area contributed by atoms with Crippen molar-refractivity contribution < 1.29 is 9.53 Å². The van der Waals surface area contributed by atoms with Crippen molar-refractivity contribution in [2.75, 3.05) is 32.8 Å². The molecule has 2 heterocycles. The summed E-state index contributed by atoms with van der Waals surface area (Å²) in [6.45, 7) is 6.25. The largest absolute Gasteiger partial charge is 0.380 e. The van der Waals surface area contributed by atoms with Gasteiger partial charge in [-0.05, 0) is 13.0 Å². The minimum absolute atomic E-state index is 0.180. The van der Waals surface area contributed by atoms with E-state index in [4.69, 9.17) is 4.74 Å². The molecule has 14 heavy (non-hydrogen) atoms. The zero-order valence-corrected chi connectivity index (χ0v) is 8.64. The molecular formula is C10H18N2O2. The van der Waals surface area contributed by atoms with E-state index < -0.39 is 0 Å². The standard InChI is InChI=1S/C10H18N2O2/c1-10(6-14-7-10)5-12-9(13)8-2-3-11-4-8/h8,11H,2-7H2,1H3,(H,12,13)/t8-/m1/s1. The number of carbonyl (C=O) groups excluding carboxylic acids is 1. The summed E-state index contributed by atoms with van der Waals surface area (Å²) in [4.78, 5) is 11.6. The zero-order valence-electron chi connectivity index (χ0n) is 8.64. The first-order valence-electron chi connectivity index (χ1n) is 5.26. The van der Waals surface area contributed by atoms with Gasteiger partial charge < -0.3 is 15.4 Å². The third-order valence-corrected chi connectivity index (χ3v) is 3.02. The first-order valence-corrected chi connectivity index (χ1v) is 5.26. The van der Waals surface area contributed by atoms with Crippen LogP contribution in [0.3, 0.4) is 0 Å². The van der Waals surface area contributed by atoms with Gasteiger partial charge in [-0.1, -0.05) is 6.92 Å². The van der Waals surface area contributed by atoms with Crippen LogP contribution in [0.15, 0.2) is 0 Å². The second kappa shape index (κ2) is 3.87. The van der Waals surface area contributed by atoms with Crippen LogP contribution in [0.1, 0.15) is 13.3 Å². The van der Waals surface area contributed by atoms with Gasteiger partial charge in [0.1, 0.15) is 0 Å². The van der Waals surface area contributed by atoms with Gasteiger partial charge in [0.05, 0.1) is 19.1 Å². The van der Waals surface area contributed by atoms with Gasteiger partial charge in [0.2, 0.25) is 5.91 Å². The fraction of sp³-hybridized carbons (Fsp3) is 0.900. The maximum absolute atomic E-state index is 11.6. The van der Waals surface area contributed by atoms with E-state index in [9.17, 15) is 4.79 Å². The van der Waals surface area contributed by atoms with E-state index in [1.54, 1.807) is 0 Å². The number of hydrogen-bond donors (Lipinski definition) is 2. The van der Waals surface area contributed by atoms with Crippen LogP contribution in [0.25, 0.3) is 0 Å². The molecule has 0 spiro atoms. The Morgan fingerprint density at radius 2 is 2.43 bits per heavy atom. The van der Waals surface area contributed by atoms with E-state index in [0.717, 1.165) is 39.3 Å². The average Bonchev–Trinajstić information content (AvgIpc) is 2.63. The maximum atomic E-state index is 11.6. The first kappa shape index (κ1) is 9.93. The van der Waals surface area contributed by atoms with Gasteiger partial charge in [-0.3, -0.25) is 4.79 Å². The fourth-order valence-corrected chi connectivity index (χ4v) is 1.88. The fourth-order valence-electron chi connectivity index (χ4n) is 1.88. The van der Waals surface area contributed by atoms with Crippen LogP contribution in [-0.2, 0) is 9.53 Å². The molecule has 0 aromatic carbocycles. The Hall–Kier alpha value is -0.610. The molecule has 0 unspecified atom stereocenters. The number of nitrogens with one attached hydrogen (secondary N) is 2. The molecule has 2 N–H and O–H groups in total. The van der Waals surface area contributed by atoms with E-state index in [1.807, 2.05) is 0 Å². The lowest BCUT2D eigenvalue weighted by Crippen LogP contribution is -2.49. The summed E-state index contributed by atoms with van der Waals surface area (Å²) in [5.74, 6) is 0.378. The number of rotatable bonds is 3. The van der Waals surface area contributed by atoms with Crippen LogP contribution >= 0.6 is 0 Å². The highest BCUT2D eigenvalue weighted by atomic mass is 16.5. The highest BCUT2D eigenvalue weighted by Gasteiger charge is 2.34. The van der Waals surface area contributed by atoms with Crippen molar-refractivity contribution in [2.45, 2.75) is 13.3 Å². The summed E-state index contributed by atoms with van der Waals surface area (Å²) in [5.41, 5.74) is 0.182. The molecule has 0 aliphatic carbocycles. The van der Waals surface area contributed by atoms with Crippen molar-refractivity contribution in [1.29, 1.82) is 0 Å². The third-order valence-electron chi connectivity index (χ3n) is 3.02. The highest BCUT2D eigenvalue weighted by Crippen LogP contribution is 2.25. The molecule has 0 radical (unpaired) electrons. The highest BCUT2D eigenvalue weighted by molar-refractivity contribution is 5.79.